The number of benzene rings is 3. The van der Waals surface area contributed by atoms with Crippen LogP contribution in [0.4, 0.5) is 11.4 Å². The van der Waals surface area contributed by atoms with Crippen molar-refractivity contribution in [1.29, 1.82) is 0 Å². The fraction of sp³-hybridized carbons (Fsp3) is 0.148. The Kier molecular flexibility index (Phi) is 6.01. The van der Waals surface area contributed by atoms with Gasteiger partial charge in [0, 0.05) is 22.3 Å². The SMILES string of the molecule is COc1cccc(Cl)c1C(=O)Nc1ccc(N2C(=O)CC(=O)NC3=c4ccccc4=CCC32)cc1. The molecule has 176 valence electrons. The van der Waals surface area contributed by atoms with Gasteiger partial charge >= 0.3 is 0 Å². The van der Waals surface area contributed by atoms with Gasteiger partial charge in [-0.2, -0.15) is 0 Å². The van der Waals surface area contributed by atoms with Gasteiger partial charge in [-0.05, 0) is 48.0 Å². The van der Waals surface area contributed by atoms with Crippen molar-refractivity contribution < 1.29 is 19.1 Å². The van der Waals surface area contributed by atoms with Gasteiger partial charge in [-0.15, -0.1) is 0 Å². The molecule has 0 radical (unpaired) electrons. The number of anilines is 2. The topological polar surface area (TPSA) is 87.7 Å². The van der Waals surface area contributed by atoms with Crippen molar-refractivity contribution in [3.63, 3.8) is 0 Å². The maximum Gasteiger partial charge on any atom is 0.260 e. The lowest BCUT2D eigenvalue weighted by Crippen LogP contribution is -2.47. The lowest BCUT2D eigenvalue weighted by molar-refractivity contribution is -0.126. The Labute approximate surface area is 206 Å². The number of ether oxygens (including phenoxy) is 1. The molecule has 0 aromatic heterocycles. The number of hydrogen-bond donors (Lipinski definition) is 2. The average Bonchev–Trinajstić information content (AvgIpc) is 2.98. The molecule has 5 rings (SSSR count). The van der Waals surface area contributed by atoms with Crippen LogP contribution in [0.1, 0.15) is 23.2 Å². The third-order valence-corrected chi connectivity index (χ3v) is 6.45. The van der Waals surface area contributed by atoms with Gasteiger partial charge in [0.05, 0.1) is 18.2 Å². The zero-order valence-corrected chi connectivity index (χ0v) is 19.6. The molecule has 2 aliphatic rings. The largest absolute Gasteiger partial charge is 0.496 e. The first-order valence-electron chi connectivity index (χ1n) is 11.1. The summed E-state index contributed by atoms with van der Waals surface area (Å²) in [6, 6.07) is 19.4. The number of halogens is 1. The number of methoxy groups -OCH3 is 1. The van der Waals surface area contributed by atoms with E-state index >= 15 is 0 Å². The van der Waals surface area contributed by atoms with Crippen molar-refractivity contribution in [3.8, 4) is 5.75 Å². The highest BCUT2D eigenvalue weighted by atomic mass is 35.5. The van der Waals surface area contributed by atoms with Crippen LogP contribution >= 0.6 is 11.6 Å². The maximum atomic E-state index is 13.1. The third-order valence-electron chi connectivity index (χ3n) is 6.14. The summed E-state index contributed by atoms with van der Waals surface area (Å²) in [7, 11) is 1.47. The van der Waals surface area contributed by atoms with E-state index in [4.69, 9.17) is 16.3 Å². The number of amides is 3. The second-order valence-corrected chi connectivity index (χ2v) is 8.67. The molecular formula is C27H22ClN3O4. The van der Waals surface area contributed by atoms with Crippen molar-refractivity contribution in [2.75, 3.05) is 17.3 Å². The number of nitrogens with zero attached hydrogens (tertiary/aromatic N) is 1. The highest BCUT2D eigenvalue weighted by Crippen LogP contribution is 2.30. The van der Waals surface area contributed by atoms with Gasteiger partial charge in [-0.3, -0.25) is 14.4 Å². The van der Waals surface area contributed by atoms with Crippen LogP contribution in [0.3, 0.4) is 0 Å². The van der Waals surface area contributed by atoms with Gasteiger partial charge < -0.3 is 20.3 Å². The van der Waals surface area contributed by atoms with Crippen molar-refractivity contribution in [1.82, 2.24) is 5.32 Å². The molecule has 1 aliphatic carbocycles. The molecule has 1 aliphatic heterocycles. The zero-order valence-electron chi connectivity index (χ0n) is 18.9. The number of carbonyl (C=O) groups excluding carboxylic acids is 3. The minimum absolute atomic E-state index is 0.240. The van der Waals surface area contributed by atoms with Gasteiger partial charge in [0.25, 0.3) is 5.91 Å². The molecule has 1 unspecified atom stereocenters. The second kappa shape index (κ2) is 9.27. The van der Waals surface area contributed by atoms with E-state index in [1.165, 1.54) is 7.11 Å². The van der Waals surface area contributed by atoms with E-state index in [0.717, 1.165) is 16.1 Å². The summed E-state index contributed by atoms with van der Waals surface area (Å²) in [5, 5.41) is 7.99. The number of rotatable bonds is 4. The van der Waals surface area contributed by atoms with Crippen LogP contribution in [0, 0.1) is 0 Å². The monoisotopic (exact) mass is 487 g/mol. The lowest BCUT2D eigenvalue weighted by Gasteiger charge is -2.32. The van der Waals surface area contributed by atoms with Gasteiger partial charge in [0.2, 0.25) is 11.8 Å². The molecule has 35 heavy (non-hydrogen) atoms. The van der Waals surface area contributed by atoms with E-state index < -0.39 is 5.91 Å². The predicted octanol–water partition coefficient (Wildman–Crippen LogP) is 2.82. The minimum Gasteiger partial charge on any atom is -0.496 e. The molecule has 1 heterocycles. The van der Waals surface area contributed by atoms with E-state index in [2.05, 4.69) is 16.7 Å². The maximum absolute atomic E-state index is 13.1. The molecular weight excluding hydrogens is 466 g/mol. The molecule has 1 fully saturated rings. The van der Waals surface area contributed by atoms with E-state index in [9.17, 15) is 14.4 Å². The highest BCUT2D eigenvalue weighted by molar-refractivity contribution is 6.35. The number of carbonyl (C=O) groups is 3. The van der Waals surface area contributed by atoms with Crippen LogP contribution in [0.15, 0.2) is 66.7 Å². The summed E-state index contributed by atoms with van der Waals surface area (Å²) in [4.78, 5) is 40.1. The highest BCUT2D eigenvalue weighted by Gasteiger charge is 2.34. The normalized spacial score (nSPS) is 16.9. The summed E-state index contributed by atoms with van der Waals surface area (Å²) in [5.41, 5.74) is 2.13. The average molecular weight is 488 g/mol. The van der Waals surface area contributed by atoms with Crippen LogP contribution in [-0.4, -0.2) is 30.9 Å². The molecule has 3 aromatic rings. The van der Waals surface area contributed by atoms with Crippen LogP contribution in [-0.2, 0) is 9.59 Å². The van der Waals surface area contributed by atoms with Crippen LogP contribution in [0.5, 0.6) is 5.75 Å². The first-order chi connectivity index (χ1) is 17.0. The smallest absolute Gasteiger partial charge is 0.260 e. The Balaban J connectivity index is 1.46. The molecule has 7 nitrogen and oxygen atoms in total. The van der Waals surface area contributed by atoms with Gasteiger partial charge in [-0.25, -0.2) is 0 Å². The van der Waals surface area contributed by atoms with Gasteiger partial charge in [0.1, 0.15) is 17.7 Å². The van der Waals surface area contributed by atoms with Crippen molar-refractivity contribution >= 4 is 52.5 Å². The molecule has 0 spiro atoms. The summed E-state index contributed by atoms with van der Waals surface area (Å²) < 4.78 is 5.26. The third kappa shape index (κ3) is 4.26. The predicted molar refractivity (Wildman–Crippen MR) is 135 cm³/mol. The molecule has 3 aromatic carbocycles. The molecule has 0 bridgehead atoms. The Hall–Kier alpha value is -4.10. The Bertz CT molecular complexity index is 1470. The number of fused-ring (bicyclic) bond motifs is 2. The van der Waals surface area contributed by atoms with Crippen molar-refractivity contribution in [2.24, 2.45) is 0 Å². The molecule has 1 atom stereocenters. The molecule has 8 heteroatoms. The quantitative estimate of drug-likeness (QED) is 0.554. The standard InChI is InChI=1S/C27H22ClN3O4/c1-35-22-8-4-7-20(28)25(22)27(34)29-17-10-12-18(13-11-17)31-21-14-9-16-5-2-3-6-19(16)26(21)30-23(32)15-24(31)33/h2-13,21H,14-15H2,1H3,(H,29,34)(H,30,32). The fourth-order valence-electron chi connectivity index (χ4n) is 4.55. The van der Waals surface area contributed by atoms with E-state index in [1.54, 1.807) is 47.4 Å². The first kappa shape index (κ1) is 22.7. The minimum atomic E-state index is -0.407. The zero-order chi connectivity index (χ0) is 24.5. The Morgan fingerprint density at radius 1 is 1.06 bits per heavy atom. The molecule has 3 amide bonds. The summed E-state index contributed by atoms with van der Waals surface area (Å²) >= 11 is 6.22. The van der Waals surface area contributed by atoms with Crippen molar-refractivity contribution in [2.45, 2.75) is 18.9 Å². The first-order valence-corrected chi connectivity index (χ1v) is 11.5. The fourth-order valence-corrected chi connectivity index (χ4v) is 4.80. The number of nitrogens with one attached hydrogen (secondary N) is 2. The van der Waals surface area contributed by atoms with E-state index in [1.807, 2.05) is 24.3 Å². The molecule has 2 N–H and O–H groups in total. The van der Waals surface area contributed by atoms with E-state index in [0.29, 0.717) is 23.5 Å². The lowest BCUT2D eigenvalue weighted by atomic mass is 9.98. The Morgan fingerprint density at radius 3 is 2.60 bits per heavy atom. The summed E-state index contributed by atoms with van der Waals surface area (Å²) in [6.45, 7) is 0. The van der Waals surface area contributed by atoms with Gasteiger partial charge in [-0.1, -0.05) is 48.0 Å². The van der Waals surface area contributed by atoms with Crippen LogP contribution in [0.2, 0.25) is 5.02 Å². The van der Waals surface area contributed by atoms with Crippen LogP contribution in [0.25, 0.3) is 11.8 Å². The molecule has 0 saturated carbocycles. The van der Waals surface area contributed by atoms with Crippen LogP contribution < -0.4 is 30.7 Å². The molecule has 1 saturated heterocycles. The summed E-state index contributed by atoms with van der Waals surface area (Å²) in [6.07, 6.45) is 2.41. The van der Waals surface area contributed by atoms with E-state index in [-0.39, 0.29) is 34.9 Å². The second-order valence-electron chi connectivity index (χ2n) is 8.26. The summed E-state index contributed by atoms with van der Waals surface area (Å²) in [5.74, 6) is -0.648. The van der Waals surface area contributed by atoms with Crippen molar-refractivity contribution in [3.05, 3.63) is 87.8 Å². The number of hydrogen-bond acceptors (Lipinski definition) is 4. The van der Waals surface area contributed by atoms with Gasteiger partial charge in [0.15, 0.2) is 0 Å². The Morgan fingerprint density at radius 2 is 1.83 bits per heavy atom.